The van der Waals surface area contributed by atoms with Gasteiger partial charge in [-0.25, -0.2) is 9.78 Å². The van der Waals surface area contributed by atoms with E-state index in [2.05, 4.69) is 0 Å². The monoisotopic (exact) mass is 523 g/mol. The van der Waals surface area contributed by atoms with Gasteiger partial charge >= 0.3 is 5.97 Å². The van der Waals surface area contributed by atoms with Crippen LogP contribution in [0.5, 0.6) is 0 Å². The van der Waals surface area contributed by atoms with Crippen LogP contribution < -0.4 is 11.3 Å². The van der Waals surface area contributed by atoms with Crippen LogP contribution in [0.3, 0.4) is 0 Å². The summed E-state index contributed by atoms with van der Waals surface area (Å²) in [5.74, 6) is -1.82. The van der Waals surface area contributed by atoms with E-state index in [1.54, 1.807) is 19.1 Å². The molecule has 9 nitrogen and oxygen atoms in total. The smallest absolute Gasteiger partial charge is 0.343 e. The third-order valence-electron chi connectivity index (χ3n) is 8.21. The van der Waals surface area contributed by atoms with Crippen molar-refractivity contribution in [1.29, 1.82) is 0 Å². The summed E-state index contributed by atoms with van der Waals surface area (Å²) in [6.07, 6.45) is 1.41. The molecule has 0 spiro atoms. The molecule has 2 atom stereocenters. The Morgan fingerprint density at radius 1 is 1.30 bits per heavy atom. The first-order valence-corrected chi connectivity index (χ1v) is 12.7. The maximum atomic E-state index is 13.6. The molecule has 4 heterocycles. The van der Waals surface area contributed by atoms with Crippen molar-refractivity contribution in [2.45, 2.75) is 63.9 Å². The maximum absolute atomic E-state index is 13.6. The van der Waals surface area contributed by atoms with Crippen molar-refractivity contribution in [3.8, 4) is 11.4 Å². The number of nitrogens with two attached hydrogens (primary N) is 1. The lowest BCUT2D eigenvalue weighted by atomic mass is 9.84. The summed E-state index contributed by atoms with van der Waals surface area (Å²) in [5, 5.41) is 23.7. The molecule has 1 unspecified atom stereocenters. The Bertz CT molecular complexity index is 1610. The number of esters is 1. The van der Waals surface area contributed by atoms with Gasteiger partial charge in [0.15, 0.2) is 5.60 Å². The molecule has 2 aliphatic heterocycles. The van der Waals surface area contributed by atoms with E-state index in [1.165, 1.54) is 4.57 Å². The zero-order chi connectivity index (χ0) is 26.4. The molecule has 192 valence electrons. The number of nitrogens with zero attached hydrogens (tertiary/aromatic N) is 2. The number of carbonyl (C=O) groups excluding carboxylic acids is 2. The SMILES string of the molecule is CC[C@@]1(O)C(=O)OCc2c1cc1n(c2=O)Cc2c-1nc1cc(Cl)c(C)cc1c2CC(O)(C(N)=O)C1CC1. The number of fused-ring (bicyclic) bond motifs is 5. The Morgan fingerprint density at radius 3 is 2.68 bits per heavy atom. The topological polar surface area (TPSA) is 145 Å². The Balaban J connectivity index is 1.64. The largest absolute Gasteiger partial charge is 0.458 e. The molecule has 0 saturated heterocycles. The number of aryl methyl sites for hydroxylation is 1. The molecule has 37 heavy (non-hydrogen) atoms. The van der Waals surface area contributed by atoms with Crippen LogP contribution in [-0.4, -0.2) is 37.2 Å². The third-order valence-corrected chi connectivity index (χ3v) is 8.62. The third kappa shape index (κ3) is 3.30. The summed E-state index contributed by atoms with van der Waals surface area (Å²) in [4.78, 5) is 43.4. The van der Waals surface area contributed by atoms with Gasteiger partial charge in [0.05, 0.1) is 29.0 Å². The summed E-state index contributed by atoms with van der Waals surface area (Å²) >= 11 is 6.42. The molecular weight excluding hydrogens is 498 g/mol. The minimum absolute atomic E-state index is 0.0294. The average molecular weight is 524 g/mol. The molecule has 10 heteroatoms. The molecule has 1 fully saturated rings. The number of aromatic nitrogens is 2. The first kappa shape index (κ1) is 24.1. The van der Waals surface area contributed by atoms with Gasteiger partial charge in [0.1, 0.15) is 12.2 Å². The Morgan fingerprint density at radius 2 is 2.03 bits per heavy atom. The number of primary amides is 1. The van der Waals surface area contributed by atoms with Gasteiger partial charge in [-0.1, -0.05) is 18.5 Å². The number of carbonyl (C=O) groups is 2. The van der Waals surface area contributed by atoms with Crippen molar-refractivity contribution in [2.24, 2.45) is 11.7 Å². The van der Waals surface area contributed by atoms with Gasteiger partial charge < -0.3 is 25.3 Å². The van der Waals surface area contributed by atoms with Crippen LogP contribution in [0.25, 0.3) is 22.3 Å². The van der Waals surface area contributed by atoms with Crippen molar-refractivity contribution < 1.29 is 24.5 Å². The second-order valence-electron chi connectivity index (χ2n) is 10.4. The zero-order valence-corrected chi connectivity index (χ0v) is 21.2. The number of halogens is 1. The second-order valence-corrected chi connectivity index (χ2v) is 10.8. The van der Waals surface area contributed by atoms with Crippen molar-refractivity contribution in [3.05, 3.63) is 61.4 Å². The molecular formula is C27H26ClN3O6. The van der Waals surface area contributed by atoms with Gasteiger partial charge in [0, 0.05) is 28.0 Å². The lowest BCUT2D eigenvalue weighted by Crippen LogP contribution is -2.48. The van der Waals surface area contributed by atoms with Gasteiger partial charge in [-0.05, 0) is 61.4 Å². The highest BCUT2D eigenvalue weighted by Crippen LogP contribution is 2.45. The van der Waals surface area contributed by atoms with Crippen LogP contribution >= 0.6 is 11.6 Å². The summed E-state index contributed by atoms with van der Waals surface area (Å²) in [6, 6.07) is 5.22. The fourth-order valence-electron chi connectivity index (χ4n) is 5.76. The minimum Gasteiger partial charge on any atom is -0.458 e. The first-order valence-electron chi connectivity index (χ1n) is 12.3. The van der Waals surface area contributed by atoms with Gasteiger partial charge in [-0.15, -0.1) is 0 Å². The molecule has 1 amide bonds. The van der Waals surface area contributed by atoms with Crippen LogP contribution in [-0.2, 0) is 39.5 Å². The molecule has 4 N–H and O–H groups in total. The Hall–Kier alpha value is -3.27. The van der Waals surface area contributed by atoms with E-state index in [0.717, 1.165) is 10.9 Å². The van der Waals surface area contributed by atoms with E-state index in [9.17, 15) is 24.6 Å². The molecule has 1 aliphatic carbocycles. The highest BCUT2D eigenvalue weighted by Gasteiger charge is 2.50. The number of cyclic esters (lactones) is 1. The van der Waals surface area contributed by atoms with Crippen LogP contribution in [0.4, 0.5) is 0 Å². The summed E-state index contributed by atoms with van der Waals surface area (Å²) < 4.78 is 6.68. The minimum atomic E-state index is -1.94. The second kappa shape index (κ2) is 7.86. The normalized spacial score (nSPS) is 21.7. The average Bonchev–Trinajstić information content (AvgIpc) is 3.65. The van der Waals surface area contributed by atoms with Crippen molar-refractivity contribution in [3.63, 3.8) is 0 Å². The molecule has 0 radical (unpaired) electrons. The van der Waals surface area contributed by atoms with E-state index in [4.69, 9.17) is 27.1 Å². The number of benzene rings is 1. The lowest BCUT2D eigenvalue weighted by Gasteiger charge is -2.31. The molecule has 1 saturated carbocycles. The number of hydrogen-bond acceptors (Lipinski definition) is 7. The van der Waals surface area contributed by atoms with Gasteiger partial charge in [-0.3, -0.25) is 9.59 Å². The van der Waals surface area contributed by atoms with Crippen LogP contribution in [0.1, 0.15) is 54.0 Å². The number of amides is 1. The lowest BCUT2D eigenvalue weighted by molar-refractivity contribution is -0.172. The number of ether oxygens (including phenoxy) is 1. The number of rotatable bonds is 5. The maximum Gasteiger partial charge on any atom is 0.343 e. The van der Waals surface area contributed by atoms with E-state index >= 15 is 0 Å². The quantitative estimate of drug-likeness (QED) is 0.340. The molecule has 2 aromatic heterocycles. The van der Waals surface area contributed by atoms with Crippen LogP contribution in [0.15, 0.2) is 23.0 Å². The predicted molar refractivity (Wildman–Crippen MR) is 135 cm³/mol. The van der Waals surface area contributed by atoms with Gasteiger partial charge in [-0.2, -0.15) is 0 Å². The highest BCUT2D eigenvalue weighted by atomic mass is 35.5. The fraction of sp³-hybridized carbons (Fsp3) is 0.407. The van der Waals surface area contributed by atoms with Crippen LogP contribution in [0.2, 0.25) is 5.02 Å². The summed E-state index contributed by atoms with van der Waals surface area (Å²) in [6.45, 7) is 3.42. The molecule has 3 aromatic rings. The Kier molecular flexibility index (Phi) is 5.12. The molecule has 0 bridgehead atoms. The van der Waals surface area contributed by atoms with Crippen molar-refractivity contribution in [1.82, 2.24) is 9.55 Å². The van der Waals surface area contributed by atoms with Crippen LogP contribution in [0, 0.1) is 12.8 Å². The van der Waals surface area contributed by atoms with Gasteiger partial charge in [0.2, 0.25) is 5.91 Å². The number of aliphatic hydroxyl groups is 2. The van der Waals surface area contributed by atoms with E-state index in [1.807, 2.05) is 13.0 Å². The number of hydrogen-bond donors (Lipinski definition) is 3. The van der Waals surface area contributed by atoms with Crippen molar-refractivity contribution in [2.75, 3.05) is 0 Å². The molecule has 1 aromatic carbocycles. The van der Waals surface area contributed by atoms with Gasteiger partial charge in [0.25, 0.3) is 5.56 Å². The number of pyridine rings is 2. The fourth-order valence-corrected chi connectivity index (χ4v) is 5.91. The zero-order valence-electron chi connectivity index (χ0n) is 20.4. The first-order chi connectivity index (χ1) is 17.5. The standard InChI is InChI=1S/C27H26ClN3O6/c1-3-26(35)18-7-21-22-16(10-31(21)23(32)17(18)11-37-25(26)34)15(9-27(36,24(29)33)13-4-5-13)14-6-12(2)19(28)8-20(14)30-22/h6-8,13,35-36H,3-5,9-11H2,1-2H3,(H2,29,33)/t26-,27?/m0/s1. The molecule has 3 aliphatic rings. The van der Waals surface area contributed by atoms with E-state index in [-0.39, 0.29) is 48.6 Å². The Labute approximate surface area is 216 Å². The summed E-state index contributed by atoms with van der Waals surface area (Å²) in [7, 11) is 0. The van der Waals surface area contributed by atoms with E-state index < -0.39 is 23.1 Å². The van der Waals surface area contributed by atoms with Crippen molar-refractivity contribution >= 4 is 34.4 Å². The van der Waals surface area contributed by atoms with E-state index in [0.29, 0.717) is 45.9 Å². The summed E-state index contributed by atoms with van der Waals surface area (Å²) in [5.41, 5.74) is 5.67. The molecule has 6 rings (SSSR count). The predicted octanol–water partition coefficient (Wildman–Crippen LogP) is 2.21. The highest BCUT2D eigenvalue weighted by molar-refractivity contribution is 6.32.